The second-order valence-corrected chi connectivity index (χ2v) is 7.72. The van der Waals surface area contributed by atoms with Crippen LogP contribution in [0.2, 0.25) is 0 Å². The van der Waals surface area contributed by atoms with Gasteiger partial charge in [0.15, 0.2) is 17.1 Å². The predicted molar refractivity (Wildman–Crippen MR) is 129 cm³/mol. The number of anilines is 1. The first-order valence-corrected chi connectivity index (χ1v) is 10.8. The van der Waals surface area contributed by atoms with Gasteiger partial charge in [-0.15, -0.1) is 0 Å². The molecule has 0 spiro atoms. The van der Waals surface area contributed by atoms with Crippen molar-refractivity contribution in [3.63, 3.8) is 0 Å². The molecule has 0 saturated heterocycles. The van der Waals surface area contributed by atoms with Crippen LogP contribution in [-0.4, -0.2) is 41.8 Å². The Morgan fingerprint density at radius 3 is 2.24 bits per heavy atom. The number of methoxy groups -OCH3 is 3. The minimum Gasteiger partial charge on any atom is -0.493 e. The predicted octanol–water partition coefficient (Wildman–Crippen LogP) is 4.71. The molecule has 0 bridgehead atoms. The summed E-state index contributed by atoms with van der Waals surface area (Å²) in [4.78, 5) is 22.8. The number of para-hydroxylation sites is 2. The summed E-state index contributed by atoms with van der Waals surface area (Å²) in [6.45, 7) is 4.04. The number of hydrogen-bond donors (Lipinski definition) is 1. The molecule has 9 heteroatoms. The van der Waals surface area contributed by atoms with E-state index in [-0.39, 0.29) is 17.2 Å². The number of nitriles is 1. The largest absolute Gasteiger partial charge is 0.493 e. The van der Waals surface area contributed by atoms with Crippen LogP contribution in [0.15, 0.2) is 36.4 Å². The third kappa shape index (κ3) is 3.73. The topological polar surface area (TPSA) is 111 Å². The Labute approximate surface area is 196 Å². The van der Waals surface area contributed by atoms with Gasteiger partial charge in [-0.2, -0.15) is 5.26 Å². The van der Waals surface area contributed by atoms with Crippen molar-refractivity contribution in [2.24, 2.45) is 0 Å². The zero-order valence-corrected chi connectivity index (χ0v) is 19.7. The van der Waals surface area contributed by atoms with Crippen LogP contribution in [0.5, 0.6) is 17.2 Å². The van der Waals surface area contributed by atoms with E-state index in [0.29, 0.717) is 45.3 Å². The van der Waals surface area contributed by atoms with Gasteiger partial charge in [-0.25, -0.2) is 9.97 Å². The Morgan fingerprint density at radius 2 is 1.71 bits per heavy atom. The zero-order chi connectivity index (χ0) is 24.4. The molecule has 0 aliphatic rings. The highest BCUT2D eigenvalue weighted by Crippen LogP contribution is 2.39. The van der Waals surface area contributed by atoms with Gasteiger partial charge < -0.3 is 24.1 Å². The first-order valence-electron chi connectivity index (χ1n) is 10.8. The number of amides is 1. The fourth-order valence-electron chi connectivity index (χ4n) is 3.90. The van der Waals surface area contributed by atoms with E-state index < -0.39 is 5.91 Å². The van der Waals surface area contributed by atoms with E-state index in [1.807, 2.05) is 42.7 Å². The molecule has 2 heterocycles. The third-order valence-electron chi connectivity index (χ3n) is 5.80. The first kappa shape index (κ1) is 22.9. The summed E-state index contributed by atoms with van der Waals surface area (Å²) >= 11 is 0. The van der Waals surface area contributed by atoms with Gasteiger partial charge in [0.25, 0.3) is 5.91 Å². The molecule has 2 aromatic heterocycles. The van der Waals surface area contributed by atoms with E-state index in [2.05, 4.69) is 11.4 Å². The van der Waals surface area contributed by atoms with Gasteiger partial charge in [0.2, 0.25) is 5.75 Å². The average molecular weight is 460 g/mol. The molecule has 34 heavy (non-hydrogen) atoms. The summed E-state index contributed by atoms with van der Waals surface area (Å²) in [5.41, 5.74) is 2.92. The van der Waals surface area contributed by atoms with Gasteiger partial charge in [-0.3, -0.25) is 4.79 Å². The lowest BCUT2D eigenvalue weighted by Crippen LogP contribution is -2.18. The van der Waals surface area contributed by atoms with Crippen molar-refractivity contribution in [3.05, 3.63) is 47.5 Å². The molecule has 1 N–H and O–H groups in total. The Hall–Kier alpha value is -4.32. The molecule has 0 saturated carbocycles. The summed E-state index contributed by atoms with van der Waals surface area (Å²) in [6, 6.07) is 12.8. The number of nitrogens with one attached hydrogen (secondary N) is 1. The molecule has 4 rings (SSSR count). The maximum Gasteiger partial charge on any atom is 0.257 e. The SMILES string of the molecule is CC[C@@H](C)n1c(NC(=O)c2cc(OC)c(OC)c(OC)c2)c(C#N)c2nc3ccccc3nc21. The van der Waals surface area contributed by atoms with Gasteiger partial charge >= 0.3 is 0 Å². The fraction of sp³-hybridized carbons (Fsp3) is 0.280. The highest BCUT2D eigenvalue weighted by molar-refractivity contribution is 6.07. The van der Waals surface area contributed by atoms with Crippen molar-refractivity contribution in [1.82, 2.24) is 14.5 Å². The lowest BCUT2D eigenvalue weighted by atomic mass is 10.1. The molecule has 0 aliphatic carbocycles. The molecule has 4 aromatic rings. The minimum absolute atomic E-state index is 0.0460. The first-order chi connectivity index (χ1) is 16.5. The Morgan fingerprint density at radius 1 is 1.09 bits per heavy atom. The van der Waals surface area contributed by atoms with Gasteiger partial charge in [0.05, 0.1) is 32.4 Å². The van der Waals surface area contributed by atoms with Crippen LogP contribution < -0.4 is 19.5 Å². The highest BCUT2D eigenvalue weighted by atomic mass is 16.5. The third-order valence-corrected chi connectivity index (χ3v) is 5.80. The van der Waals surface area contributed by atoms with Crippen molar-refractivity contribution >= 4 is 33.9 Å². The Kier molecular flexibility index (Phi) is 6.23. The maximum atomic E-state index is 13.4. The standard InChI is InChI=1S/C25H25N5O4/c1-6-14(2)30-23(16(13-26)21-24(30)28-18-10-8-7-9-17(18)27-21)29-25(31)15-11-19(32-3)22(34-5)20(12-15)33-4/h7-12,14H,6H2,1-5H3,(H,29,31)/t14-/m1/s1. The van der Waals surface area contributed by atoms with Crippen LogP contribution in [-0.2, 0) is 0 Å². The molecule has 0 radical (unpaired) electrons. The number of rotatable bonds is 7. The average Bonchev–Trinajstić information content (AvgIpc) is 3.17. The van der Waals surface area contributed by atoms with Crippen molar-refractivity contribution in [1.29, 1.82) is 5.26 Å². The van der Waals surface area contributed by atoms with Gasteiger partial charge in [-0.05, 0) is 37.6 Å². The second-order valence-electron chi connectivity index (χ2n) is 7.72. The van der Waals surface area contributed by atoms with Crippen LogP contribution in [0.4, 0.5) is 5.82 Å². The highest BCUT2D eigenvalue weighted by Gasteiger charge is 2.26. The van der Waals surface area contributed by atoms with Crippen molar-refractivity contribution in [2.45, 2.75) is 26.3 Å². The lowest BCUT2D eigenvalue weighted by Gasteiger charge is -2.18. The fourth-order valence-corrected chi connectivity index (χ4v) is 3.90. The smallest absolute Gasteiger partial charge is 0.257 e. The van der Waals surface area contributed by atoms with Crippen LogP contribution in [0, 0.1) is 11.3 Å². The van der Waals surface area contributed by atoms with Gasteiger partial charge in [-0.1, -0.05) is 19.1 Å². The van der Waals surface area contributed by atoms with E-state index in [9.17, 15) is 10.1 Å². The summed E-state index contributed by atoms with van der Waals surface area (Å²) < 4.78 is 18.0. The Balaban J connectivity index is 1.90. The number of carbonyl (C=O) groups is 1. The quantitative estimate of drug-likeness (QED) is 0.426. The molecule has 174 valence electrons. The number of nitrogens with zero attached hydrogens (tertiary/aromatic N) is 4. The van der Waals surface area contributed by atoms with Crippen LogP contribution >= 0.6 is 0 Å². The minimum atomic E-state index is -0.437. The molecule has 9 nitrogen and oxygen atoms in total. The molecular formula is C25H25N5O4. The van der Waals surface area contributed by atoms with Crippen LogP contribution in [0.3, 0.4) is 0 Å². The summed E-state index contributed by atoms with van der Waals surface area (Å²) in [7, 11) is 4.46. The zero-order valence-electron chi connectivity index (χ0n) is 19.7. The van der Waals surface area contributed by atoms with E-state index in [0.717, 1.165) is 6.42 Å². The summed E-state index contributed by atoms with van der Waals surface area (Å²) in [5, 5.41) is 12.9. The van der Waals surface area contributed by atoms with Gasteiger partial charge in [0.1, 0.15) is 23.0 Å². The number of ether oxygens (including phenoxy) is 3. The normalized spacial score (nSPS) is 11.8. The number of fused-ring (bicyclic) bond motifs is 2. The van der Waals surface area contributed by atoms with Crippen LogP contribution in [0.25, 0.3) is 22.2 Å². The van der Waals surface area contributed by atoms with E-state index in [4.69, 9.17) is 24.2 Å². The molecule has 1 amide bonds. The number of hydrogen-bond acceptors (Lipinski definition) is 7. The van der Waals surface area contributed by atoms with Gasteiger partial charge in [0, 0.05) is 11.6 Å². The van der Waals surface area contributed by atoms with E-state index in [1.54, 1.807) is 12.1 Å². The summed E-state index contributed by atoms with van der Waals surface area (Å²) in [6.07, 6.45) is 0.760. The van der Waals surface area contributed by atoms with Crippen LogP contribution in [0.1, 0.15) is 42.2 Å². The summed E-state index contributed by atoms with van der Waals surface area (Å²) in [5.74, 6) is 0.996. The van der Waals surface area contributed by atoms with E-state index >= 15 is 0 Å². The maximum absolute atomic E-state index is 13.4. The molecule has 2 aromatic carbocycles. The molecular weight excluding hydrogens is 434 g/mol. The van der Waals surface area contributed by atoms with E-state index in [1.165, 1.54) is 21.3 Å². The Bertz CT molecular complexity index is 1410. The van der Waals surface area contributed by atoms with Crippen molar-refractivity contribution in [3.8, 4) is 23.3 Å². The molecule has 0 fully saturated rings. The number of aromatic nitrogens is 3. The molecule has 0 aliphatic heterocycles. The lowest BCUT2D eigenvalue weighted by molar-refractivity contribution is 0.102. The van der Waals surface area contributed by atoms with Crippen molar-refractivity contribution < 1.29 is 19.0 Å². The number of benzene rings is 2. The molecule has 1 atom stereocenters. The van der Waals surface area contributed by atoms with Crippen molar-refractivity contribution in [2.75, 3.05) is 26.6 Å². The number of carbonyl (C=O) groups excluding carboxylic acids is 1. The molecule has 0 unspecified atom stereocenters. The monoisotopic (exact) mass is 459 g/mol. The second kappa shape index (κ2) is 9.27.